The van der Waals surface area contributed by atoms with Crippen molar-refractivity contribution in [1.29, 1.82) is 0 Å². The first-order valence-electron chi connectivity index (χ1n) is 5.88. The van der Waals surface area contributed by atoms with Crippen molar-refractivity contribution in [2.24, 2.45) is 11.3 Å². The second-order valence-electron chi connectivity index (χ2n) is 5.99. The Morgan fingerprint density at radius 1 is 1.56 bits per heavy atom. The number of rotatable bonds is 4. The van der Waals surface area contributed by atoms with Crippen LogP contribution in [-0.4, -0.2) is 28.2 Å². The van der Waals surface area contributed by atoms with Gasteiger partial charge < -0.3 is 5.11 Å². The third-order valence-corrected chi connectivity index (χ3v) is 3.98. The van der Waals surface area contributed by atoms with Gasteiger partial charge >= 0.3 is 5.97 Å². The summed E-state index contributed by atoms with van der Waals surface area (Å²) in [5.41, 5.74) is 0.356. The number of nitrogens with one attached hydrogen (secondary N) is 1. The lowest BCUT2D eigenvalue weighted by molar-refractivity contribution is -0.138. The van der Waals surface area contributed by atoms with Crippen LogP contribution in [0.15, 0.2) is 0 Å². The third kappa shape index (κ3) is 4.74. The molecule has 1 rings (SSSR count). The van der Waals surface area contributed by atoms with Gasteiger partial charge in [0.1, 0.15) is 6.04 Å². The Kier molecular flexibility index (Phi) is 4.68. The van der Waals surface area contributed by atoms with E-state index in [0.29, 0.717) is 22.5 Å². The fraction of sp³-hybridized carbons (Fsp3) is 0.917. The molecule has 0 amide bonds. The van der Waals surface area contributed by atoms with Crippen molar-refractivity contribution < 1.29 is 9.90 Å². The van der Waals surface area contributed by atoms with Crippen LogP contribution in [0.5, 0.6) is 0 Å². The molecule has 0 aromatic carbocycles. The van der Waals surface area contributed by atoms with E-state index in [9.17, 15) is 4.79 Å². The zero-order valence-electron chi connectivity index (χ0n) is 10.6. The molecule has 1 saturated heterocycles. The van der Waals surface area contributed by atoms with E-state index in [1.807, 2.05) is 0 Å². The lowest BCUT2D eigenvalue weighted by atomic mass is 9.84. The molecule has 1 aliphatic rings. The number of hydrogen-bond acceptors (Lipinski definition) is 3. The normalized spacial score (nSPS) is 28.0. The molecule has 94 valence electrons. The molecule has 3 nitrogen and oxygen atoms in total. The van der Waals surface area contributed by atoms with Gasteiger partial charge in [-0.15, -0.1) is 11.8 Å². The van der Waals surface area contributed by atoms with E-state index >= 15 is 0 Å². The highest BCUT2D eigenvalue weighted by Crippen LogP contribution is 2.31. The van der Waals surface area contributed by atoms with Gasteiger partial charge in [-0.05, 0) is 24.2 Å². The van der Waals surface area contributed by atoms with Crippen LogP contribution >= 0.6 is 11.8 Å². The van der Waals surface area contributed by atoms with Crippen molar-refractivity contribution in [3.63, 3.8) is 0 Å². The minimum Gasteiger partial charge on any atom is -0.480 e. The topological polar surface area (TPSA) is 49.3 Å². The fourth-order valence-corrected chi connectivity index (χ4v) is 3.69. The zero-order chi connectivity index (χ0) is 12.3. The Hall–Kier alpha value is -0.220. The lowest BCUT2D eigenvalue weighted by Crippen LogP contribution is -2.37. The summed E-state index contributed by atoms with van der Waals surface area (Å²) in [6.45, 7) is 9.00. The highest BCUT2D eigenvalue weighted by Gasteiger charge is 2.30. The van der Waals surface area contributed by atoms with Crippen molar-refractivity contribution in [3.05, 3.63) is 0 Å². The summed E-state index contributed by atoms with van der Waals surface area (Å²) in [4.78, 5) is 10.8. The smallest absolute Gasteiger partial charge is 0.321 e. The van der Waals surface area contributed by atoms with Crippen LogP contribution < -0.4 is 5.32 Å². The van der Waals surface area contributed by atoms with Crippen LogP contribution in [0.2, 0.25) is 0 Å². The molecular weight excluding hydrogens is 222 g/mol. The summed E-state index contributed by atoms with van der Waals surface area (Å²) in [5.74, 6) is 0.610. The number of aliphatic carboxylic acids is 1. The molecule has 0 spiro atoms. The lowest BCUT2D eigenvalue weighted by Gasteiger charge is -2.25. The van der Waals surface area contributed by atoms with Crippen molar-refractivity contribution >= 4 is 17.7 Å². The van der Waals surface area contributed by atoms with Crippen LogP contribution in [0.4, 0.5) is 0 Å². The Bertz CT molecular complexity index is 250. The zero-order valence-corrected chi connectivity index (χ0v) is 11.4. The summed E-state index contributed by atoms with van der Waals surface area (Å²) in [5, 5.41) is 12.4. The van der Waals surface area contributed by atoms with Crippen LogP contribution in [0.3, 0.4) is 0 Å². The molecular formula is C12H23NO2S. The van der Waals surface area contributed by atoms with Crippen LogP contribution in [0, 0.1) is 11.3 Å². The molecule has 0 radical (unpaired) electrons. The van der Waals surface area contributed by atoms with Gasteiger partial charge in [-0.2, -0.15) is 0 Å². The van der Waals surface area contributed by atoms with Gasteiger partial charge in [-0.1, -0.05) is 27.7 Å². The van der Waals surface area contributed by atoms with Crippen LogP contribution in [0.25, 0.3) is 0 Å². The van der Waals surface area contributed by atoms with Crippen LogP contribution in [0.1, 0.15) is 40.5 Å². The molecule has 0 unspecified atom stereocenters. The molecule has 0 saturated carbocycles. The van der Waals surface area contributed by atoms with Gasteiger partial charge in [-0.3, -0.25) is 10.1 Å². The average Bonchev–Trinajstić information content (AvgIpc) is 2.48. The average molecular weight is 245 g/mol. The van der Waals surface area contributed by atoms with Crippen molar-refractivity contribution in [3.8, 4) is 0 Å². The molecule has 0 aromatic rings. The molecule has 2 N–H and O–H groups in total. The van der Waals surface area contributed by atoms with Crippen molar-refractivity contribution in [1.82, 2.24) is 5.32 Å². The standard InChI is InChI=1S/C12H23NO2S/c1-8(6-12(2,3)4)5-10-13-9(7-16-10)11(14)15/h8-10,13H,5-7H2,1-4H3,(H,14,15)/t8-,9-,10+/m1/s1. The van der Waals surface area contributed by atoms with Crippen LogP contribution in [-0.2, 0) is 4.79 Å². The molecule has 1 fully saturated rings. The number of thioether (sulfide) groups is 1. The third-order valence-electron chi connectivity index (χ3n) is 2.73. The number of hydrogen-bond donors (Lipinski definition) is 2. The van der Waals surface area contributed by atoms with E-state index in [-0.39, 0.29) is 6.04 Å². The van der Waals surface area contributed by atoms with E-state index in [1.54, 1.807) is 11.8 Å². The number of carboxylic acids is 1. The summed E-state index contributed by atoms with van der Waals surface area (Å²) < 4.78 is 0. The van der Waals surface area contributed by atoms with Gasteiger partial charge in [0, 0.05) is 5.75 Å². The summed E-state index contributed by atoms with van der Waals surface area (Å²) in [6, 6.07) is -0.350. The predicted octanol–water partition coefficient (Wildman–Crippen LogP) is 2.56. The molecule has 1 heterocycles. The summed E-state index contributed by atoms with van der Waals surface area (Å²) >= 11 is 1.74. The minimum atomic E-state index is -0.724. The fourth-order valence-electron chi connectivity index (χ4n) is 2.31. The van der Waals surface area contributed by atoms with E-state index in [0.717, 1.165) is 6.42 Å². The maximum atomic E-state index is 10.8. The monoisotopic (exact) mass is 245 g/mol. The summed E-state index contributed by atoms with van der Waals surface area (Å²) in [6.07, 6.45) is 2.25. The number of carboxylic acid groups (broad SMARTS) is 1. The highest BCUT2D eigenvalue weighted by molar-refractivity contribution is 8.00. The Morgan fingerprint density at radius 2 is 2.19 bits per heavy atom. The molecule has 3 atom stereocenters. The van der Waals surface area contributed by atoms with Gasteiger partial charge in [0.15, 0.2) is 0 Å². The van der Waals surface area contributed by atoms with E-state index in [4.69, 9.17) is 5.11 Å². The SMILES string of the molecule is C[C@H](C[C@H]1N[C@@H](C(=O)O)CS1)CC(C)(C)C. The molecule has 4 heteroatoms. The Labute approximate surface area is 102 Å². The molecule has 0 aliphatic carbocycles. The largest absolute Gasteiger partial charge is 0.480 e. The summed E-state index contributed by atoms with van der Waals surface area (Å²) in [7, 11) is 0. The first-order valence-corrected chi connectivity index (χ1v) is 6.93. The van der Waals surface area contributed by atoms with E-state index in [1.165, 1.54) is 6.42 Å². The van der Waals surface area contributed by atoms with Crippen molar-refractivity contribution in [2.45, 2.75) is 52.0 Å². The molecule has 16 heavy (non-hydrogen) atoms. The van der Waals surface area contributed by atoms with Gasteiger partial charge in [0.05, 0.1) is 5.37 Å². The number of carbonyl (C=O) groups is 1. The van der Waals surface area contributed by atoms with Gasteiger partial charge in [0.25, 0.3) is 0 Å². The maximum absolute atomic E-state index is 10.8. The van der Waals surface area contributed by atoms with E-state index in [2.05, 4.69) is 33.0 Å². The maximum Gasteiger partial charge on any atom is 0.321 e. The predicted molar refractivity (Wildman–Crippen MR) is 68.7 cm³/mol. The second kappa shape index (κ2) is 5.41. The first-order chi connectivity index (χ1) is 7.28. The molecule has 0 aromatic heterocycles. The quantitative estimate of drug-likeness (QED) is 0.799. The Morgan fingerprint density at radius 3 is 2.62 bits per heavy atom. The first kappa shape index (κ1) is 13.8. The van der Waals surface area contributed by atoms with Gasteiger partial charge in [-0.25, -0.2) is 0 Å². The Balaban J connectivity index is 2.31. The molecule has 0 bridgehead atoms. The minimum absolute atomic E-state index is 0.318. The highest BCUT2D eigenvalue weighted by atomic mass is 32.2. The molecule has 1 aliphatic heterocycles. The van der Waals surface area contributed by atoms with E-state index < -0.39 is 5.97 Å². The second-order valence-corrected chi connectivity index (χ2v) is 7.22. The van der Waals surface area contributed by atoms with Crippen molar-refractivity contribution in [2.75, 3.05) is 5.75 Å². The van der Waals surface area contributed by atoms with Gasteiger partial charge in [0.2, 0.25) is 0 Å².